The molecule has 5 aliphatic heterocycles. The Morgan fingerprint density at radius 3 is 1.35 bits per heavy atom. The number of likely N-dealkylation sites (tertiary alicyclic amines) is 4. The molecule has 95 heavy (non-hydrogen) atoms. The summed E-state index contributed by atoms with van der Waals surface area (Å²) < 4.78 is 5.43. The Labute approximate surface area is 578 Å². The molecule has 1 unspecified atom stereocenters. The van der Waals surface area contributed by atoms with Gasteiger partial charge in [-0.25, -0.2) is 0 Å². The molecule has 3 aromatic carbocycles. The summed E-state index contributed by atoms with van der Waals surface area (Å²) in [6, 6.07) is 26.6. The van der Waals surface area contributed by atoms with Crippen LogP contribution in [0.1, 0.15) is 274 Å². The second-order valence-corrected chi connectivity index (χ2v) is 33.8. The maximum Gasteiger partial charge on any atom is 0.243 e. The van der Waals surface area contributed by atoms with E-state index in [0.717, 1.165) is 77.3 Å². The number of carbonyl (C=O) groups is 5. The summed E-state index contributed by atoms with van der Waals surface area (Å²) in [5.74, 6) is 0.432. The third kappa shape index (κ3) is 19.6. The summed E-state index contributed by atoms with van der Waals surface area (Å²) in [5, 5.41) is 9.52. The predicted octanol–water partition coefficient (Wildman–Crippen LogP) is 15.0. The highest BCUT2D eigenvalue weighted by atomic mass is 16.5. The highest BCUT2D eigenvalue weighted by Crippen LogP contribution is 2.52. The molecule has 0 saturated carbocycles. The Kier molecular flexibility index (Phi) is 25.5. The van der Waals surface area contributed by atoms with Gasteiger partial charge in [0.1, 0.15) is 6.04 Å². The number of carbonyl (C=O) groups excluding carboxylic acids is 5. The van der Waals surface area contributed by atoms with Crippen molar-refractivity contribution in [1.82, 2.24) is 40.4 Å². The summed E-state index contributed by atoms with van der Waals surface area (Å²) in [7, 11) is 0. The van der Waals surface area contributed by atoms with Crippen molar-refractivity contribution in [1.29, 1.82) is 0 Å². The number of ether oxygens (including phenoxy) is 1. The minimum absolute atomic E-state index is 0. The fraction of sp³-hybridized carbons (Fsp3) is 0.716. The van der Waals surface area contributed by atoms with Gasteiger partial charge in [-0.3, -0.25) is 24.0 Å². The van der Waals surface area contributed by atoms with Crippen molar-refractivity contribution in [2.75, 3.05) is 91.8 Å². The number of benzene rings is 3. The molecule has 3 aromatic rings. The Balaban J connectivity index is 0.000000229. The van der Waals surface area contributed by atoms with E-state index in [1.807, 2.05) is 4.90 Å². The first-order chi connectivity index (χ1) is 45.2. The Hall–Kier alpha value is -5.15. The molecule has 0 radical (unpaired) electrons. The topological polar surface area (TPSA) is 147 Å². The van der Waals surface area contributed by atoms with Crippen LogP contribution in [0.2, 0.25) is 0 Å². The lowest BCUT2D eigenvalue weighted by atomic mass is 9.63. The molecule has 5 amide bonds. The largest absolute Gasteiger partial charge is 0.381 e. The molecule has 14 heteroatoms. The first-order valence-electron chi connectivity index (χ1n) is 37.6. The molecule has 11 rings (SSSR count). The van der Waals surface area contributed by atoms with Gasteiger partial charge in [0.2, 0.25) is 29.5 Å². The average Bonchev–Trinajstić information content (AvgIpc) is 0.765. The molecule has 3 spiro atoms. The Bertz CT molecular complexity index is 3020. The van der Waals surface area contributed by atoms with E-state index in [1.165, 1.54) is 150 Å². The molecule has 0 aromatic heterocycles. The van der Waals surface area contributed by atoms with E-state index in [2.05, 4.69) is 173 Å². The average molecular weight is 1310 g/mol. The molecule has 4 atom stereocenters. The van der Waals surface area contributed by atoms with E-state index >= 15 is 0 Å². The van der Waals surface area contributed by atoms with E-state index in [9.17, 15) is 24.0 Å². The molecule has 3 N–H and O–H groups in total. The maximum atomic E-state index is 13.2. The molecule has 3 aliphatic carbocycles. The zero-order chi connectivity index (χ0) is 68.2. The summed E-state index contributed by atoms with van der Waals surface area (Å²) in [6.45, 7) is 40.0. The van der Waals surface area contributed by atoms with Crippen molar-refractivity contribution in [2.45, 2.75) is 258 Å². The van der Waals surface area contributed by atoms with Gasteiger partial charge in [0.05, 0.1) is 18.1 Å². The second kappa shape index (κ2) is 32.7. The van der Waals surface area contributed by atoms with Crippen molar-refractivity contribution in [3.8, 4) is 0 Å². The molecular formula is C81H132N8O6. The number of rotatable bonds is 15. The van der Waals surface area contributed by atoms with Crippen LogP contribution in [-0.4, -0.2) is 152 Å². The first-order valence-corrected chi connectivity index (χ1v) is 37.6. The van der Waals surface area contributed by atoms with Crippen LogP contribution in [-0.2, 0) is 45.0 Å². The standard InChI is InChI=1S/C28H43N3O2.C27H43N3O2.C26H40N2O2.3H2/c1-21(32)31-17-8-7-11-25(31)26(33)29-24-12-13-28(23-10-6-5-9-22(23)24)15-19-30(20-16-28)18-14-27(2,3)4;1-6-30(25(32)12-17-28-21(2)31)24-11-13-27(23-10-8-7-9-22(23)24)15-19-29(20-16-27)18-14-26(3,4)5;1-25(2,3)12-15-28-16-13-26(14-17-28)11-8-23(21-6-4-5-7-22(21)26)27-24(29)20-9-18-30-19-10-20;;;/h5-6,9-10,24-25H,7-8,11-20H2,1-4H3,(H,29,33);7-10,24H,6,11-20H2,1-5H3,(H,28,31);4-7,20,23H,8-19H2,1-3H3,(H,27,29);3*1H/t24-,25?;24-;23-;;;/m101.../s1. The lowest BCUT2D eigenvalue weighted by molar-refractivity contribution is -0.141. The Morgan fingerprint density at radius 1 is 0.516 bits per heavy atom. The lowest BCUT2D eigenvalue weighted by Gasteiger charge is -2.49. The van der Waals surface area contributed by atoms with E-state index < -0.39 is 0 Å². The number of nitrogens with zero attached hydrogens (tertiary/aromatic N) is 5. The van der Waals surface area contributed by atoms with Gasteiger partial charge in [0.25, 0.3) is 0 Å². The fourth-order valence-corrected chi connectivity index (χ4v) is 17.4. The highest BCUT2D eigenvalue weighted by Gasteiger charge is 2.47. The van der Waals surface area contributed by atoms with Gasteiger partial charge in [-0.1, -0.05) is 135 Å². The smallest absolute Gasteiger partial charge is 0.243 e. The van der Waals surface area contributed by atoms with Crippen LogP contribution >= 0.6 is 0 Å². The van der Waals surface area contributed by atoms with Crippen LogP contribution in [0.4, 0.5) is 0 Å². The molecule has 0 bridgehead atoms. The van der Waals surface area contributed by atoms with Crippen LogP contribution in [0.15, 0.2) is 72.8 Å². The van der Waals surface area contributed by atoms with Crippen molar-refractivity contribution in [3.05, 3.63) is 106 Å². The highest BCUT2D eigenvalue weighted by molar-refractivity contribution is 5.87. The number of fused-ring (bicyclic) bond motifs is 6. The van der Waals surface area contributed by atoms with Gasteiger partial charge < -0.3 is 45.2 Å². The van der Waals surface area contributed by atoms with Crippen LogP contribution in [0.3, 0.4) is 0 Å². The van der Waals surface area contributed by atoms with Crippen molar-refractivity contribution >= 4 is 29.5 Å². The van der Waals surface area contributed by atoms with Crippen molar-refractivity contribution < 1.29 is 33.0 Å². The quantitative estimate of drug-likeness (QED) is 0.135. The lowest BCUT2D eigenvalue weighted by Crippen LogP contribution is -2.53. The number of nitrogens with one attached hydrogen (secondary N) is 3. The first kappa shape index (κ1) is 74.1. The van der Waals surface area contributed by atoms with Gasteiger partial charge in [-0.2, -0.15) is 0 Å². The molecule has 8 aliphatic rings. The minimum atomic E-state index is -0.314. The van der Waals surface area contributed by atoms with Crippen LogP contribution in [0.5, 0.6) is 0 Å². The monoisotopic (exact) mass is 1310 g/mol. The predicted molar refractivity (Wildman–Crippen MR) is 391 cm³/mol. The third-order valence-electron chi connectivity index (χ3n) is 23.6. The molecule has 14 nitrogen and oxygen atoms in total. The summed E-state index contributed by atoms with van der Waals surface area (Å²) in [4.78, 5) is 74.1. The van der Waals surface area contributed by atoms with Crippen molar-refractivity contribution in [2.24, 2.45) is 22.2 Å². The Morgan fingerprint density at radius 2 is 0.926 bits per heavy atom. The normalized spacial score (nSPS) is 23.7. The summed E-state index contributed by atoms with van der Waals surface area (Å²) in [6.07, 6.45) is 22.5. The molecular weight excluding hydrogens is 1180 g/mol. The van der Waals surface area contributed by atoms with Gasteiger partial charge in [0.15, 0.2) is 0 Å². The van der Waals surface area contributed by atoms with Crippen molar-refractivity contribution in [3.63, 3.8) is 0 Å². The summed E-state index contributed by atoms with van der Waals surface area (Å²) >= 11 is 0. The zero-order valence-corrected chi connectivity index (χ0v) is 61.2. The van der Waals surface area contributed by atoms with Gasteiger partial charge >= 0.3 is 0 Å². The SMILES string of the molecule is CC(=O)N1CCCCC1C(=O)N[C@@H]1CCC2(CCN(CCC(C)(C)C)CC2)c2ccccc21.CC(C)(C)CCN1CCC2(CC[C@@H](NC(=O)C3CCOCC3)c3ccccc32)CC1.CCN(C(=O)CCNC(C)=O)[C@H]1CCC2(CCN(CCC(C)(C)C)CC2)c2ccccc21.[HH].[HH].[HH]. The fourth-order valence-electron chi connectivity index (χ4n) is 17.4. The van der Waals surface area contributed by atoms with Gasteiger partial charge in [-0.15, -0.1) is 0 Å². The van der Waals surface area contributed by atoms with E-state index in [-0.39, 0.29) is 74.7 Å². The van der Waals surface area contributed by atoms with E-state index in [4.69, 9.17) is 4.74 Å². The zero-order valence-electron chi connectivity index (χ0n) is 61.2. The maximum absolute atomic E-state index is 13.2. The van der Waals surface area contributed by atoms with Crippen LogP contribution in [0, 0.1) is 22.2 Å². The van der Waals surface area contributed by atoms with Crippen LogP contribution in [0.25, 0.3) is 0 Å². The number of hydrogen-bond donors (Lipinski definition) is 3. The summed E-state index contributed by atoms with van der Waals surface area (Å²) in [5.41, 5.74) is 10.4. The molecule has 532 valence electrons. The second-order valence-electron chi connectivity index (χ2n) is 33.8. The molecule has 5 fully saturated rings. The number of amides is 5. The van der Waals surface area contributed by atoms with Gasteiger partial charge in [-0.05, 0) is 260 Å². The molecule has 5 saturated heterocycles. The van der Waals surface area contributed by atoms with E-state index in [1.54, 1.807) is 11.8 Å². The molecule has 5 heterocycles. The number of hydrogen-bond acceptors (Lipinski definition) is 9. The van der Waals surface area contributed by atoms with E-state index in [0.29, 0.717) is 60.9 Å². The number of piperidine rings is 4. The minimum Gasteiger partial charge on any atom is -0.381 e. The van der Waals surface area contributed by atoms with Crippen LogP contribution < -0.4 is 16.0 Å². The third-order valence-corrected chi connectivity index (χ3v) is 23.6. The van der Waals surface area contributed by atoms with Gasteiger partial charge in [0, 0.05) is 63.3 Å².